The van der Waals surface area contributed by atoms with Gasteiger partial charge in [0.1, 0.15) is 18.5 Å². The van der Waals surface area contributed by atoms with Crippen LogP contribution in [0.5, 0.6) is 5.75 Å². The summed E-state index contributed by atoms with van der Waals surface area (Å²) in [4.78, 5) is 11.8. The Morgan fingerprint density at radius 2 is 1.89 bits per heavy atom. The van der Waals surface area contributed by atoms with E-state index in [2.05, 4.69) is 0 Å². The fourth-order valence-corrected chi connectivity index (χ4v) is 1.30. The Morgan fingerprint density at radius 1 is 1.28 bits per heavy atom. The maximum Gasteiger partial charge on any atom is 0.311 e. The molecule has 0 N–H and O–H groups in total. The number of hydrogen-bond acceptors (Lipinski definition) is 3. The van der Waals surface area contributed by atoms with Crippen LogP contribution in [-0.2, 0) is 9.53 Å². The number of carbonyl (C=O) groups is 1. The van der Waals surface area contributed by atoms with Crippen molar-refractivity contribution in [2.75, 3.05) is 6.61 Å². The lowest BCUT2D eigenvalue weighted by Crippen LogP contribution is -2.30. The Kier molecular flexibility index (Phi) is 5.20. The van der Waals surface area contributed by atoms with Gasteiger partial charge in [0.2, 0.25) is 0 Å². The Balaban J connectivity index is 2.38. The van der Waals surface area contributed by atoms with Crippen molar-refractivity contribution in [2.24, 2.45) is 5.41 Å². The molecule has 0 aliphatic heterocycles. The van der Waals surface area contributed by atoms with Crippen molar-refractivity contribution in [3.8, 4) is 5.75 Å². The molecule has 0 spiro atoms. The zero-order valence-electron chi connectivity index (χ0n) is 11.6. The molecule has 0 radical (unpaired) electrons. The van der Waals surface area contributed by atoms with Crippen molar-refractivity contribution in [3.63, 3.8) is 0 Å². The van der Waals surface area contributed by atoms with E-state index in [0.29, 0.717) is 0 Å². The van der Waals surface area contributed by atoms with Crippen LogP contribution in [0.2, 0.25) is 0 Å². The highest BCUT2D eigenvalue weighted by Crippen LogP contribution is 2.21. The Morgan fingerprint density at radius 3 is 2.44 bits per heavy atom. The first-order valence-corrected chi connectivity index (χ1v) is 6.34. The number of benzene rings is 1. The van der Waals surface area contributed by atoms with Crippen molar-refractivity contribution in [1.82, 2.24) is 0 Å². The van der Waals surface area contributed by atoms with E-state index in [1.165, 1.54) is 0 Å². The van der Waals surface area contributed by atoms with E-state index in [-0.39, 0.29) is 18.7 Å². The molecular weight excluding hydrogens is 228 g/mol. The fourth-order valence-electron chi connectivity index (χ4n) is 1.30. The lowest BCUT2D eigenvalue weighted by Gasteiger charge is -2.22. The second-order valence-electron chi connectivity index (χ2n) is 5.08. The van der Waals surface area contributed by atoms with Crippen LogP contribution in [0.1, 0.15) is 34.1 Å². The van der Waals surface area contributed by atoms with E-state index in [1.54, 1.807) is 0 Å². The highest BCUT2D eigenvalue weighted by Gasteiger charge is 2.27. The van der Waals surface area contributed by atoms with E-state index in [0.717, 1.165) is 12.2 Å². The summed E-state index contributed by atoms with van der Waals surface area (Å²) in [6.45, 7) is 7.91. The molecule has 0 aromatic heterocycles. The third-order valence-electron chi connectivity index (χ3n) is 2.97. The van der Waals surface area contributed by atoms with Gasteiger partial charge < -0.3 is 9.47 Å². The van der Waals surface area contributed by atoms with Crippen LogP contribution < -0.4 is 4.74 Å². The van der Waals surface area contributed by atoms with Gasteiger partial charge in [-0.1, -0.05) is 25.1 Å². The first kappa shape index (κ1) is 14.6. The van der Waals surface area contributed by atoms with E-state index in [1.807, 2.05) is 58.0 Å². The van der Waals surface area contributed by atoms with Crippen molar-refractivity contribution >= 4 is 5.97 Å². The van der Waals surface area contributed by atoms with Gasteiger partial charge in [0.05, 0.1) is 5.41 Å². The molecule has 1 unspecified atom stereocenters. The summed E-state index contributed by atoms with van der Waals surface area (Å²) in [6.07, 6.45) is 0.615. The molecule has 18 heavy (non-hydrogen) atoms. The highest BCUT2D eigenvalue weighted by atomic mass is 16.6. The molecule has 0 fully saturated rings. The average Bonchev–Trinajstić information content (AvgIpc) is 2.37. The number of esters is 1. The number of carbonyl (C=O) groups excluding carboxylic acids is 1. The van der Waals surface area contributed by atoms with Crippen molar-refractivity contribution < 1.29 is 14.3 Å². The smallest absolute Gasteiger partial charge is 0.311 e. The molecule has 100 valence electrons. The second-order valence-corrected chi connectivity index (χ2v) is 5.08. The molecule has 0 bridgehead atoms. The van der Waals surface area contributed by atoms with Crippen molar-refractivity contribution in [2.45, 2.75) is 40.2 Å². The van der Waals surface area contributed by atoms with Gasteiger partial charge in [-0.25, -0.2) is 0 Å². The molecule has 1 rings (SSSR count). The number of para-hydroxylation sites is 1. The normalized spacial score (nSPS) is 12.9. The first-order chi connectivity index (χ1) is 8.45. The van der Waals surface area contributed by atoms with Crippen LogP contribution in [0.15, 0.2) is 30.3 Å². The minimum absolute atomic E-state index is 0.149. The minimum Gasteiger partial charge on any atom is -0.487 e. The maximum atomic E-state index is 11.8. The van der Waals surface area contributed by atoms with Crippen LogP contribution in [0, 0.1) is 5.41 Å². The van der Waals surface area contributed by atoms with Crippen molar-refractivity contribution in [3.05, 3.63) is 30.3 Å². The Labute approximate surface area is 109 Å². The maximum absolute atomic E-state index is 11.8. The Bertz CT molecular complexity index is 371. The second kappa shape index (κ2) is 6.43. The molecule has 0 saturated heterocycles. The molecule has 3 heteroatoms. The molecular formula is C15H22O3. The van der Waals surface area contributed by atoms with Crippen LogP contribution in [0.3, 0.4) is 0 Å². The van der Waals surface area contributed by atoms with Gasteiger partial charge in [-0.3, -0.25) is 4.79 Å². The predicted octanol–water partition coefficient (Wildman–Crippen LogP) is 3.43. The van der Waals surface area contributed by atoms with Crippen LogP contribution >= 0.6 is 0 Å². The van der Waals surface area contributed by atoms with E-state index < -0.39 is 5.41 Å². The summed E-state index contributed by atoms with van der Waals surface area (Å²) in [5, 5.41) is 0. The standard InChI is InChI=1S/C15H22O3/c1-5-15(3,4)14(16)17-11-12(2)18-13-9-7-6-8-10-13/h6-10,12H,5,11H2,1-4H3. The van der Waals surface area contributed by atoms with Gasteiger partial charge in [0.15, 0.2) is 0 Å². The lowest BCUT2D eigenvalue weighted by atomic mass is 9.91. The number of ether oxygens (including phenoxy) is 2. The van der Waals surface area contributed by atoms with E-state index in [4.69, 9.17) is 9.47 Å². The summed E-state index contributed by atoms with van der Waals surface area (Å²) in [6, 6.07) is 9.52. The Hall–Kier alpha value is -1.51. The summed E-state index contributed by atoms with van der Waals surface area (Å²) in [5.74, 6) is 0.615. The SMILES string of the molecule is CCC(C)(C)C(=O)OCC(C)Oc1ccccc1. The third kappa shape index (κ3) is 4.40. The molecule has 1 atom stereocenters. The van der Waals surface area contributed by atoms with Gasteiger partial charge in [0.25, 0.3) is 0 Å². The molecule has 0 aliphatic rings. The summed E-state index contributed by atoms with van der Waals surface area (Å²) >= 11 is 0. The largest absolute Gasteiger partial charge is 0.487 e. The topological polar surface area (TPSA) is 35.5 Å². The molecule has 0 amide bonds. The van der Waals surface area contributed by atoms with Crippen LogP contribution in [0.25, 0.3) is 0 Å². The quantitative estimate of drug-likeness (QED) is 0.726. The van der Waals surface area contributed by atoms with E-state index in [9.17, 15) is 4.79 Å². The average molecular weight is 250 g/mol. The van der Waals surface area contributed by atoms with Gasteiger partial charge in [-0.2, -0.15) is 0 Å². The summed E-state index contributed by atoms with van der Waals surface area (Å²) < 4.78 is 10.9. The number of rotatable bonds is 6. The fraction of sp³-hybridized carbons (Fsp3) is 0.533. The van der Waals surface area contributed by atoms with Gasteiger partial charge in [0, 0.05) is 0 Å². The highest BCUT2D eigenvalue weighted by molar-refractivity contribution is 5.75. The van der Waals surface area contributed by atoms with Crippen LogP contribution in [-0.4, -0.2) is 18.7 Å². The van der Waals surface area contributed by atoms with Crippen LogP contribution in [0.4, 0.5) is 0 Å². The lowest BCUT2D eigenvalue weighted by molar-refractivity contribution is -0.156. The molecule has 1 aromatic carbocycles. The first-order valence-electron chi connectivity index (χ1n) is 6.34. The third-order valence-corrected chi connectivity index (χ3v) is 2.97. The minimum atomic E-state index is -0.424. The molecule has 3 nitrogen and oxygen atoms in total. The zero-order valence-corrected chi connectivity index (χ0v) is 11.6. The summed E-state index contributed by atoms with van der Waals surface area (Å²) in [7, 11) is 0. The summed E-state index contributed by atoms with van der Waals surface area (Å²) in [5.41, 5.74) is -0.424. The molecule has 0 saturated carbocycles. The van der Waals surface area contributed by atoms with Crippen molar-refractivity contribution in [1.29, 1.82) is 0 Å². The number of hydrogen-bond donors (Lipinski definition) is 0. The van der Waals surface area contributed by atoms with Gasteiger partial charge in [-0.15, -0.1) is 0 Å². The zero-order chi connectivity index (χ0) is 13.6. The van der Waals surface area contributed by atoms with Gasteiger partial charge in [-0.05, 0) is 39.3 Å². The van der Waals surface area contributed by atoms with E-state index >= 15 is 0 Å². The molecule has 0 heterocycles. The molecule has 0 aliphatic carbocycles. The monoisotopic (exact) mass is 250 g/mol. The molecule has 1 aromatic rings. The predicted molar refractivity (Wildman–Crippen MR) is 71.6 cm³/mol. The van der Waals surface area contributed by atoms with Gasteiger partial charge >= 0.3 is 5.97 Å².